The van der Waals surface area contributed by atoms with Crippen LogP contribution in [-0.4, -0.2) is 20.4 Å². The highest BCUT2D eigenvalue weighted by atomic mass is 35.5. The predicted octanol–water partition coefficient (Wildman–Crippen LogP) is 4.86. The summed E-state index contributed by atoms with van der Waals surface area (Å²) in [4.78, 5) is 12.4. The molecule has 30 heavy (non-hydrogen) atoms. The maximum absolute atomic E-state index is 12.5. The van der Waals surface area contributed by atoms with Gasteiger partial charge in [0, 0.05) is 16.4 Å². The molecule has 1 atom stereocenters. The molecule has 0 aromatic heterocycles. The predicted molar refractivity (Wildman–Crippen MR) is 119 cm³/mol. The van der Waals surface area contributed by atoms with Gasteiger partial charge in [0.2, 0.25) is 0 Å². The Balaban J connectivity index is 1.63. The van der Waals surface area contributed by atoms with Gasteiger partial charge in [-0.05, 0) is 68.4 Å². The molecule has 156 valence electrons. The van der Waals surface area contributed by atoms with Crippen molar-refractivity contribution in [3.63, 3.8) is 0 Å². The van der Waals surface area contributed by atoms with E-state index in [9.17, 15) is 13.2 Å². The maximum atomic E-state index is 12.5. The number of nitrogens with one attached hydrogen (secondary N) is 2. The Morgan fingerprint density at radius 3 is 2.23 bits per heavy atom. The first-order chi connectivity index (χ1) is 14.2. The largest absolute Gasteiger partial charge is 0.481 e. The van der Waals surface area contributed by atoms with Crippen molar-refractivity contribution in [1.29, 1.82) is 0 Å². The van der Waals surface area contributed by atoms with Crippen molar-refractivity contribution in [2.24, 2.45) is 0 Å². The van der Waals surface area contributed by atoms with Crippen molar-refractivity contribution >= 4 is 38.9 Å². The fourth-order valence-corrected chi connectivity index (χ4v) is 3.83. The Hall–Kier alpha value is -3.03. The molecule has 0 fully saturated rings. The lowest BCUT2D eigenvalue weighted by Crippen LogP contribution is -2.30. The second-order valence-corrected chi connectivity index (χ2v) is 8.82. The van der Waals surface area contributed by atoms with Gasteiger partial charge in [0.15, 0.2) is 6.10 Å². The zero-order valence-corrected chi connectivity index (χ0v) is 18.0. The standard InChI is InChI=1S/C22H21ClN2O4S/c1-15-6-8-19(9-7-15)25-30(27,28)21-12-10-18(11-13-21)24-22(26)16(2)29-20-5-3-4-17(23)14-20/h3-14,16,25H,1-2H3,(H,24,26). The minimum absolute atomic E-state index is 0.0873. The van der Waals surface area contributed by atoms with E-state index in [1.165, 1.54) is 24.3 Å². The average Bonchev–Trinajstić information content (AvgIpc) is 2.70. The highest BCUT2D eigenvalue weighted by Crippen LogP contribution is 2.20. The second-order valence-electron chi connectivity index (χ2n) is 6.70. The SMILES string of the molecule is Cc1ccc(NS(=O)(=O)c2ccc(NC(=O)C(C)Oc3cccc(Cl)c3)cc2)cc1. The molecule has 0 radical (unpaired) electrons. The van der Waals surface area contributed by atoms with E-state index in [4.69, 9.17) is 16.3 Å². The quantitative estimate of drug-likeness (QED) is 0.545. The van der Waals surface area contributed by atoms with Crippen molar-refractivity contribution in [2.75, 3.05) is 10.0 Å². The van der Waals surface area contributed by atoms with Gasteiger partial charge < -0.3 is 10.1 Å². The molecule has 0 aliphatic carbocycles. The molecule has 0 bridgehead atoms. The van der Waals surface area contributed by atoms with Crippen LogP contribution in [0, 0.1) is 6.92 Å². The third-order valence-corrected chi connectivity index (χ3v) is 5.85. The van der Waals surface area contributed by atoms with Crippen LogP contribution in [-0.2, 0) is 14.8 Å². The monoisotopic (exact) mass is 444 g/mol. The van der Waals surface area contributed by atoms with E-state index in [-0.39, 0.29) is 10.8 Å². The lowest BCUT2D eigenvalue weighted by Gasteiger charge is -2.15. The van der Waals surface area contributed by atoms with E-state index in [1.807, 2.05) is 19.1 Å². The molecule has 3 aromatic rings. The molecule has 2 N–H and O–H groups in total. The first-order valence-corrected chi connectivity index (χ1v) is 11.0. The summed E-state index contributed by atoms with van der Waals surface area (Å²) in [5.74, 6) is 0.108. The van der Waals surface area contributed by atoms with E-state index in [1.54, 1.807) is 43.3 Å². The number of carbonyl (C=O) groups is 1. The Morgan fingerprint density at radius 2 is 1.60 bits per heavy atom. The number of sulfonamides is 1. The summed E-state index contributed by atoms with van der Waals surface area (Å²) in [6.07, 6.45) is -0.768. The lowest BCUT2D eigenvalue weighted by atomic mass is 10.2. The van der Waals surface area contributed by atoms with Gasteiger partial charge in [0.25, 0.3) is 15.9 Å². The van der Waals surface area contributed by atoms with E-state index in [0.717, 1.165) is 5.56 Å². The molecule has 8 heteroatoms. The molecule has 3 aromatic carbocycles. The minimum atomic E-state index is -3.73. The van der Waals surface area contributed by atoms with Gasteiger partial charge in [-0.2, -0.15) is 0 Å². The highest BCUT2D eigenvalue weighted by Gasteiger charge is 2.17. The Morgan fingerprint density at radius 1 is 0.967 bits per heavy atom. The number of benzene rings is 3. The molecule has 0 aliphatic rings. The first-order valence-electron chi connectivity index (χ1n) is 9.15. The topological polar surface area (TPSA) is 84.5 Å². The molecule has 6 nitrogen and oxygen atoms in total. The number of halogens is 1. The van der Waals surface area contributed by atoms with Crippen LogP contribution in [0.25, 0.3) is 0 Å². The molecule has 0 saturated carbocycles. The molecule has 0 aliphatic heterocycles. The van der Waals surface area contributed by atoms with Crippen molar-refractivity contribution in [3.05, 3.63) is 83.4 Å². The molecule has 1 amide bonds. The van der Waals surface area contributed by atoms with E-state index in [0.29, 0.717) is 22.1 Å². The first kappa shape index (κ1) is 21.7. The number of aryl methyl sites for hydroxylation is 1. The summed E-state index contributed by atoms with van der Waals surface area (Å²) in [7, 11) is -3.73. The van der Waals surface area contributed by atoms with Crippen LogP contribution >= 0.6 is 11.6 Å². The molecule has 3 rings (SSSR count). The van der Waals surface area contributed by atoms with Gasteiger partial charge in [0.1, 0.15) is 5.75 Å². The summed E-state index contributed by atoms with van der Waals surface area (Å²) in [6.45, 7) is 3.53. The van der Waals surface area contributed by atoms with Crippen LogP contribution < -0.4 is 14.8 Å². The van der Waals surface area contributed by atoms with Crippen molar-refractivity contribution in [2.45, 2.75) is 24.8 Å². The van der Waals surface area contributed by atoms with Crippen LogP contribution in [0.1, 0.15) is 12.5 Å². The summed E-state index contributed by atoms with van der Waals surface area (Å²) in [5, 5.41) is 3.21. The Kier molecular flexibility index (Phi) is 6.64. The van der Waals surface area contributed by atoms with Gasteiger partial charge >= 0.3 is 0 Å². The molecule has 0 saturated heterocycles. The molecular weight excluding hydrogens is 424 g/mol. The van der Waals surface area contributed by atoms with Crippen LogP contribution in [0.3, 0.4) is 0 Å². The molecule has 0 spiro atoms. The summed E-state index contributed by atoms with van der Waals surface area (Å²) in [6, 6.07) is 19.7. The fraction of sp³-hybridized carbons (Fsp3) is 0.136. The lowest BCUT2D eigenvalue weighted by molar-refractivity contribution is -0.122. The summed E-state index contributed by atoms with van der Waals surface area (Å²) < 4.78 is 33.2. The van der Waals surface area contributed by atoms with Crippen molar-refractivity contribution < 1.29 is 17.9 Å². The maximum Gasteiger partial charge on any atom is 0.265 e. The summed E-state index contributed by atoms with van der Waals surface area (Å²) in [5.41, 5.74) is 1.97. The van der Waals surface area contributed by atoms with Crippen molar-refractivity contribution in [3.8, 4) is 5.75 Å². The fourth-order valence-electron chi connectivity index (χ4n) is 2.59. The highest BCUT2D eigenvalue weighted by molar-refractivity contribution is 7.92. The van der Waals surface area contributed by atoms with Crippen LogP contribution in [0.2, 0.25) is 5.02 Å². The normalized spacial score (nSPS) is 12.1. The Labute approximate surface area is 180 Å². The molecular formula is C22H21ClN2O4S. The van der Waals surface area contributed by atoms with E-state index < -0.39 is 16.1 Å². The number of rotatable bonds is 7. The van der Waals surface area contributed by atoms with Gasteiger partial charge in [0.05, 0.1) is 4.90 Å². The molecule has 1 unspecified atom stereocenters. The third-order valence-electron chi connectivity index (χ3n) is 4.21. The minimum Gasteiger partial charge on any atom is -0.481 e. The van der Waals surface area contributed by atoms with Crippen LogP contribution in [0.4, 0.5) is 11.4 Å². The van der Waals surface area contributed by atoms with E-state index >= 15 is 0 Å². The average molecular weight is 445 g/mol. The number of carbonyl (C=O) groups excluding carboxylic acids is 1. The second kappa shape index (κ2) is 9.19. The van der Waals surface area contributed by atoms with Gasteiger partial charge in [-0.1, -0.05) is 35.4 Å². The van der Waals surface area contributed by atoms with Gasteiger partial charge in [-0.3, -0.25) is 9.52 Å². The number of hydrogen-bond acceptors (Lipinski definition) is 4. The summed E-state index contributed by atoms with van der Waals surface area (Å²) >= 11 is 5.91. The van der Waals surface area contributed by atoms with Crippen molar-refractivity contribution in [1.82, 2.24) is 0 Å². The van der Waals surface area contributed by atoms with Crippen LogP contribution in [0.5, 0.6) is 5.75 Å². The third kappa shape index (κ3) is 5.75. The number of hydrogen-bond donors (Lipinski definition) is 2. The smallest absolute Gasteiger partial charge is 0.265 e. The van der Waals surface area contributed by atoms with E-state index in [2.05, 4.69) is 10.0 Å². The Bertz CT molecular complexity index is 1130. The van der Waals surface area contributed by atoms with Gasteiger partial charge in [-0.15, -0.1) is 0 Å². The number of ether oxygens (including phenoxy) is 1. The zero-order valence-electron chi connectivity index (χ0n) is 16.4. The number of anilines is 2. The number of amides is 1. The molecule has 0 heterocycles. The van der Waals surface area contributed by atoms with Crippen LogP contribution in [0.15, 0.2) is 77.7 Å². The van der Waals surface area contributed by atoms with Gasteiger partial charge in [-0.25, -0.2) is 8.42 Å². The zero-order chi connectivity index (χ0) is 21.7.